The fourth-order valence-corrected chi connectivity index (χ4v) is 1.02. The van der Waals surface area contributed by atoms with Crippen molar-refractivity contribution in [2.75, 3.05) is 13.7 Å². The van der Waals surface area contributed by atoms with Crippen LogP contribution in [-0.2, 0) is 4.74 Å². The highest BCUT2D eigenvalue weighted by molar-refractivity contribution is 5.26. The largest absolute Gasteiger partial charge is 0.487 e. The molecular formula is C10H12N2O2. The maximum absolute atomic E-state index is 8.52. The smallest absolute Gasteiger partial charge is 0.140 e. The summed E-state index contributed by atoms with van der Waals surface area (Å²) in [5, 5.41) is 8.52. The van der Waals surface area contributed by atoms with Gasteiger partial charge in [-0.1, -0.05) is 0 Å². The molecule has 0 aliphatic heterocycles. The summed E-state index contributed by atoms with van der Waals surface area (Å²) in [6.45, 7) is 2.43. The van der Waals surface area contributed by atoms with Crippen LogP contribution in [-0.4, -0.2) is 24.8 Å². The third-order valence-corrected chi connectivity index (χ3v) is 1.59. The van der Waals surface area contributed by atoms with Crippen LogP contribution < -0.4 is 4.74 Å². The second kappa shape index (κ2) is 5.20. The summed E-state index contributed by atoms with van der Waals surface area (Å²) in [6, 6.07) is 5.28. The SMILES string of the molecule is COCC(C)Oc1ccc(C#N)nc1. The van der Waals surface area contributed by atoms with Crippen molar-refractivity contribution < 1.29 is 9.47 Å². The minimum atomic E-state index is -0.0188. The molecule has 74 valence electrons. The van der Waals surface area contributed by atoms with E-state index in [4.69, 9.17) is 14.7 Å². The second-order valence-electron chi connectivity index (χ2n) is 2.87. The Balaban J connectivity index is 2.56. The number of aromatic nitrogens is 1. The fourth-order valence-electron chi connectivity index (χ4n) is 1.02. The lowest BCUT2D eigenvalue weighted by Gasteiger charge is -2.12. The molecule has 0 spiro atoms. The first-order valence-corrected chi connectivity index (χ1v) is 4.28. The Kier molecular flexibility index (Phi) is 3.89. The van der Waals surface area contributed by atoms with E-state index in [1.165, 1.54) is 6.20 Å². The molecule has 1 aromatic rings. The number of nitrogens with zero attached hydrogens (tertiary/aromatic N) is 2. The molecule has 0 aliphatic carbocycles. The Hall–Kier alpha value is -1.60. The van der Waals surface area contributed by atoms with Gasteiger partial charge in [0.1, 0.15) is 23.6 Å². The minimum Gasteiger partial charge on any atom is -0.487 e. The molecule has 0 amide bonds. The third kappa shape index (κ3) is 3.04. The maximum atomic E-state index is 8.52. The van der Waals surface area contributed by atoms with E-state index >= 15 is 0 Å². The van der Waals surface area contributed by atoms with Crippen molar-refractivity contribution in [3.8, 4) is 11.8 Å². The van der Waals surface area contributed by atoms with E-state index in [-0.39, 0.29) is 6.10 Å². The van der Waals surface area contributed by atoms with Gasteiger partial charge in [-0.2, -0.15) is 5.26 Å². The van der Waals surface area contributed by atoms with Gasteiger partial charge >= 0.3 is 0 Å². The molecule has 0 aromatic carbocycles. The normalized spacial score (nSPS) is 11.8. The van der Waals surface area contributed by atoms with Gasteiger partial charge in [0.2, 0.25) is 0 Å². The minimum absolute atomic E-state index is 0.0188. The molecule has 1 unspecified atom stereocenters. The number of ether oxygens (including phenoxy) is 2. The molecule has 1 heterocycles. The molecular weight excluding hydrogens is 180 g/mol. The van der Waals surface area contributed by atoms with E-state index in [0.29, 0.717) is 18.1 Å². The van der Waals surface area contributed by atoms with Crippen LogP contribution in [0.15, 0.2) is 18.3 Å². The summed E-state index contributed by atoms with van der Waals surface area (Å²) in [4.78, 5) is 3.88. The number of methoxy groups -OCH3 is 1. The van der Waals surface area contributed by atoms with E-state index in [9.17, 15) is 0 Å². The van der Waals surface area contributed by atoms with Crippen LogP contribution in [0, 0.1) is 11.3 Å². The van der Waals surface area contributed by atoms with Gasteiger partial charge in [0.25, 0.3) is 0 Å². The Morgan fingerprint density at radius 1 is 1.57 bits per heavy atom. The van der Waals surface area contributed by atoms with E-state index in [2.05, 4.69) is 4.98 Å². The Morgan fingerprint density at radius 3 is 2.86 bits per heavy atom. The lowest BCUT2D eigenvalue weighted by Crippen LogP contribution is -2.17. The van der Waals surface area contributed by atoms with Crippen molar-refractivity contribution in [1.82, 2.24) is 4.98 Å². The molecule has 0 radical (unpaired) electrons. The Bertz CT molecular complexity index is 316. The molecule has 0 aliphatic rings. The highest BCUT2D eigenvalue weighted by Crippen LogP contribution is 2.10. The summed E-state index contributed by atoms with van der Waals surface area (Å²) in [6.07, 6.45) is 1.51. The number of hydrogen-bond donors (Lipinski definition) is 0. The zero-order valence-corrected chi connectivity index (χ0v) is 8.23. The topological polar surface area (TPSA) is 55.1 Å². The van der Waals surface area contributed by atoms with Crippen molar-refractivity contribution in [3.05, 3.63) is 24.0 Å². The first kappa shape index (κ1) is 10.5. The molecule has 4 nitrogen and oxygen atoms in total. The van der Waals surface area contributed by atoms with Crippen LogP contribution in [0.1, 0.15) is 12.6 Å². The lowest BCUT2D eigenvalue weighted by atomic mass is 10.3. The maximum Gasteiger partial charge on any atom is 0.140 e. The Labute approximate surface area is 83.1 Å². The molecule has 0 N–H and O–H groups in total. The van der Waals surface area contributed by atoms with Gasteiger partial charge in [-0.05, 0) is 19.1 Å². The van der Waals surface area contributed by atoms with Gasteiger partial charge in [-0.3, -0.25) is 0 Å². The van der Waals surface area contributed by atoms with Crippen LogP contribution in [0.5, 0.6) is 5.75 Å². The fraction of sp³-hybridized carbons (Fsp3) is 0.400. The van der Waals surface area contributed by atoms with Gasteiger partial charge in [0, 0.05) is 7.11 Å². The van der Waals surface area contributed by atoms with Crippen LogP contribution in [0.4, 0.5) is 0 Å². The van der Waals surface area contributed by atoms with E-state index in [1.807, 2.05) is 13.0 Å². The quantitative estimate of drug-likeness (QED) is 0.722. The predicted octanol–water partition coefficient (Wildman–Crippen LogP) is 1.37. The average Bonchev–Trinajstić information content (AvgIpc) is 2.19. The third-order valence-electron chi connectivity index (χ3n) is 1.59. The van der Waals surface area contributed by atoms with Crippen LogP contribution >= 0.6 is 0 Å². The van der Waals surface area contributed by atoms with Gasteiger partial charge in [0.05, 0.1) is 12.8 Å². The first-order chi connectivity index (χ1) is 6.76. The van der Waals surface area contributed by atoms with Crippen molar-refractivity contribution in [2.24, 2.45) is 0 Å². The number of hydrogen-bond acceptors (Lipinski definition) is 4. The summed E-state index contributed by atoms with van der Waals surface area (Å²) in [5.41, 5.74) is 0.386. The zero-order valence-electron chi connectivity index (χ0n) is 8.23. The van der Waals surface area contributed by atoms with Crippen LogP contribution in [0.25, 0.3) is 0 Å². The molecule has 1 atom stereocenters. The average molecular weight is 192 g/mol. The van der Waals surface area contributed by atoms with E-state index in [0.717, 1.165) is 0 Å². The lowest BCUT2D eigenvalue weighted by molar-refractivity contribution is 0.0918. The van der Waals surface area contributed by atoms with Crippen LogP contribution in [0.2, 0.25) is 0 Å². The summed E-state index contributed by atoms with van der Waals surface area (Å²) in [7, 11) is 1.62. The molecule has 1 rings (SSSR count). The van der Waals surface area contributed by atoms with Crippen molar-refractivity contribution in [2.45, 2.75) is 13.0 Å². The van der Waals surface area contributed by atoms with E-state index < -0.39 is 0 Å². The first-order valence-electron chi connectivity index (χ1n) is 4.28. The standard InChI is InChI=1S/C10H12N2O2/c1-8(7-13-2)14-10-4-3-9(5-11)12-6-10/h3-4,6,8H,7H2,1-2H3. The zero-order chi connectivity index (χ0) is 10.4. The highest BCUT2D eigenvalue weighted by atomic mass is 16.5. The van der Waals surface area contributed by atoms with Crippen molar-refractivity contribution >= 4 is 0 Å². The number of pyridine rings is 1. The Morgan fingerprint density at radius 2 is 2.36 bits per heavy atom. The van der Waals surface area contributed by atoms with Crippen molar-refractivity contribution in [3.63, 3.8) is 0 Å². The van der Waals surface area contributed by atoms with Gasteiger partial charge in [-0.15, -0.1) is 0 Å². The molecule has 0 fully saturated rings. The molecule has 4 heteroatoms. The highest BCUT2D eigenvalue weighted by Gasteiger charge is 2.03. The monoisotopic (exact) mass is 192 g/mol. The summed E-state index contributed by atoms with van der Waals surface area (Å²) in [5.74, 6) is 0.647. The molecule has 0 saturated carbocycles. The molecule has 1 aromatic heterocycles. The molecule has 0 bridgehead atoms. The molecule has 14 heavy (non-hydrogen) atoms. The summed E-state index contributed by atoms with van der Waals surface area (Å²) >= 11 is 0. The van der Waals surface area contributed by atoms with Gasteiger partial charge in [-0.25, -0.2) is 4.98 Å². The number of nitriles is 1. The van der Waals surface area contributed by atoms with E-state index in [1.54, 1.807) is 19.2 Å². The second-order valence-corrected chi connectivity index (χ2v) is 2.87. The van der Waals surface area contributed by atoms with Gasteiger partial charge in [0.15, 0.2) is 0 Å². The number of rotatable bonds is 4. The van der Waals surface area contributed by atoms with Gasteiger partial charge < -0.3 is 9.47 Å². The van der Waals surface area contributed by atoms with Crippen molar-refractivity contribution in [1.29, 1.82) is 5.26 Å². The van der Waals surface area contributed by atoms with Crippen LogP contribution in [0.3, 0.4) is 0 Å². The molecule has 0 saturated heterocycles. The summed E-state index contributed by atoms with van der Waals surface area (Å²) < 4.78 is 10.4. The predicted molar refractivity (Wildman–Crippen MR) is 50.9 cm³/mol.